The molecule has 168 valence electrons. The van der Waals surface area contributed by atoms with Crippen molar-refractivity contribution in [3.05, 3.63) is 48.2 Å². The normalized spacial score (nSPS) is 18.7. The number of fused-ring (bicyclic) bond motifs is 2. The minimum Gasteiger partial charge on any atom is -0.497 e. The number of nitrogens with zero attached hydrogens (tertiary/aromatic N) is 3. The molecule has 1 N–H and O–H groups in total. The van der Waals surface area contributed by atoms with Crippen LogP contribution in [0.4, 0.5) is 5.95 Å². The van der Waals surface area contributed by atoms with Crippen LogP contribution in [0.2, 0.25) is 0 Å². The zero-order valence-corrected chi connectivity index (χ0v) is 18.7. The summed E-state index contributed by atoms with van der Waals surface area (Å²) in [6.45, 7) is 5.47. The lowest BCUT2D eigenvalue weighted by molar-refractivity contribution is 0.0841. The number of anilines is 1. The molecule has 2 aromatic carbocycles. The average Bonchev–Trinajstić information content (AvgIpc) is 2.84. The summed E-state index contributed by atoms with van der Waals surface area (Å²) in [5, 5.41) is 4.77. The Labute approximate surface area is 188 Å². The Balaban J connectivity index is 1.12. The van der Waals surface area contributed by atoms with Gasteiger partial charge in [-0.15, -0.1) is 0 Å². The Kier molecular flexibility index (Phi) is 5.99. The van der Waals surface area contributed by atoms with Gasteiger partial charge >= 0.3 is 0 Å². The van der Waals surface area contributed by atoms with Crippen molar-refractivity contribution >= 4 is 16.9 Å². The highest BCUT2D eigenvalue weighted by atomic mass is 16.6. The Morgan fingerprint density at radius 3 is 2.72 bits per heavy atom. The number of hydrogen-bond donors (Lipinski definition) is 1. The first-order valence-electron chi connectivity index (χ1n) is 11.4. The number of piperidine rings is 1. The van der Waals surface area contributed by atoms with Crippen LogP contribution in [0.5, 0.6) is 17.2 Å². The Morgan fingerprint density at radius 2 is 1.91 bits per heavy atom. The number of nitrogens with one attached hydrogen (secondary N) is 1. The van der Waals surface area contributed by atoms with Crippen molar-refractivity contribution in [3.63, 3.8) is 0 Å². The molecular weight excluding hydrogens is 404 g/mol. The summed E-state index contributed by atoms with van der Waals surface area (Å²) in [6.07, 6.45) is 3.18. The number of para-hydroxylation sites is 2. The molecular formula is C25H30N4O3. The molecule has 0 radical (unpaired) electrons. The molecule has 32 heavy (non-hydrogen) atoms. The maximum atomic E-state index is 6.06. The topological polar surface area (TPSA) is 68.7 Å². The van der Waals surface area contributed by atoms with E-state index in [0.29, 0.717) is 12.6 Å². The second-order valence-corrected chi connectivity index (χ2v) is 8.49. The molecule has 3 heterocycles. The maximum absolute atomic E-state index is 6.06. The number of benzene rings is 2. The van der Waals surface area contributed by atoms with Gasteiger partial charge in [0.2, 0.25) is 5.95 Å². The van der Waals surface area contributed by atoms with Crippen LogP contribution in [-0.4, -0.2) is 55.5 Å². The minimum absolute atomic E-state index is 0.100. The lowest BCUT2D eigenvalue weighted by Crippen LogP contribution is -2.44. The van der Waals surface area contributed by atoms with E-state index in [1.807, 2.05) is 49.4 Å². The van der Waals surface area contributed by atoms with Crippen molar-refractivity contribution in [1.82, 2.24) is 15.3 Å². The van der Waals surface area contributed by atoms with Crippen molar-refractivity contribution < 1.29 is 14.2 Å². The third-order valence-corrected chi connectivity index (χ3v) is 6.33. The summed E-state index contributed by atoms with van der Waals surface area (Å²) in [4.78, 5) is 11.9. The molecule has 0 aliphatic carbocycles. The molecule has 0 bridgehead atoms. The van der Waals surface area contributed by atoms with Gasteiger partial charge in [0.05, 0.1) is 18.3 Å². The van der Waals surface area contributed by atoms with Crippen LogP contribution in [0, 0.1) is 6.92 Å². The van der Waals surface area contributed by atoms with E-state index in [0.717, 1.165) is 78.7 Å². The van der Waals surface area contributed by atoms with Gasteiger partial charge < -0.3 is 24.4 Å². The molecule has 7 heteroatoms. The van der Waals surface area contributed by atoms with Crippen LogP contribution in [0.15, 0.2) is 42.5 Å². The molecule has 1 atom stereocenters. The Bertz CT molecular complexity index is 1080. The molecule has 1 saturated heterocycles. The predicted molar refractivity (Wildman–Crippen MR) is 125 cm³/mol. The summed E-state index contributed by atoms with van der Waals surface area (Å²) in [6, 6.07) is 14.3. The van der Waals surface area contributed by atoms with Gasteiger partial charge in [0.15, 0.2) is 11.5 Å². The smallest absolute Gasteiger partial charge is 0.226 e. The quantitative estimate of drug-likeness (QED) is 0.634. The fourth-order valence-electron chi connectivity index (χ4n) is 4.46. The van der Waals surface area contributed by atoms with Gasteiger partial charge in [-0.05, 0) is 50.6 Å². The first-order valence-corrected chi connectivity index (χ1v) is 11.4. The highest BCUT2D eigenvalue weighted by Gasteiger charge is 2.23. The molecule has 0 spiro atoms. The molecule has 3 aromatic rings. The number of rotatable bonds is 6. The van der Waals surface area contributed by atoms with Crippen LogP contribution < -0.4 is 24.4 Å². The largest absolute Gasteiger partial charge is 0.497 e. The van der Waals surface area contributed by atoms with Crippen molar-refractivity contribution in [3.8, 4) is 17.2 Å². The molecule has 1 aromatic heterocycles. The van der Waals surface area contributed by atoms with Crippen molar-refractivity contribution in [2.24, 2.45) is 0 Å². The SMILES string of the molecule is COc1ccc2c(C)nc(N3CCC(NCC[C@H]4COc5ccccc5O4)CC3)nc2c1. The number of ether oxygens (including phenoxy) is 3. The lowest BCUT2D eigenvalue weighted by Gasteiger charge is -2.33. The monoisotopic (exact) mass is 434 g/mol. The fourth-order valence-corrected chi connectivity index (χ4v) is 4.46. The molecule has 1 fully saturated rings. The predicted octanol–water partition coefficient (Wildman–Crippen LogP) is 3.74. The van der Waals surface area contributed by atoms with E-state index in [1.165, 1.54) is 0 Å². The maximum Gasteiger partial charge on any atom is 0.226 e. The number of aromatic nitrogens is 2. The van der Waals surface area contributed by atoms with Gasteiger partial charge in [0.25, 0.3) is 0 Å². The molecule has 2 aliphatic heterocycles. The summed E-state index contributed by atoms with van der Waals surface area (Å²) < 4.78 is 17.2. The zero-order valence-electron chi connectivity index (χ0n) is 18.7. The molecule has 2 aliphatic rings. The number of methoxy groups -OCH3 is 1. The van der Waals surface area contributed by atoms with Gasteiger partial charge in [-0.3, -0.25) is 0 Å². The summed E-state index contributed by atoms with van der Waals surface area (Å²) in [7, 11) is 1.68. The van der Waals surface area contributed by atoms with Crippen molar-refractivity contribution in [2.45, 2.75) is 38.3 Å². The average molecular weight is 435 g/mol. The fraction of sp³-hybridized carbons (Fsp3) is 0.440. The summed E-state index contributed by atoms with van der Waals surface area (Å²) >= 11 is 0. The van der Waals surface area contributed by atoms with E-state index in [1.54, 1.807) is 7.11 Å². The van der Waals surface area contributed by atoms with E-state index >= 15 is 0 Å². The number of hydrogen-bond acceptors (Lipinski definition) is 7. The van der Waals surface area contributed by atoms with Crippen LogP contribution in [0.1, 0.15) is 25.0 Å². The zero-order chi connectivity index (χ0) is 21.9. The third kappa shape index (κ3) is 4.43. The van der Waals surface area contributed by atoms with E-state index < -0.39 is 0 Å². The van der Waals surface area contributed by atoms with E-state index in [4.69, 9.17) is 24.2 Å². The van der Waals surface area contributed by atoms with E-state index in [9.17, 15) is 0 Å². The van der Waals surface area contributed by atoms with Crippen LogP contribution in [0.25, 0.3) is 10.9 Å². The molecule has 0 saturated carbocycles. The summed E-state index contributed by atoms with van der Waals surface area (Å²) in [5.41, 5.74) is 1.94. The molecule has 0 amide bonds. The third-order valence-electron chi connectivity index (χ3n) is 6.33. The highest BCUT2D eigenvalue weighted by molar-refractivity contribution is 5.83. The van der Waals surface area contributed by atoms with Gasteiger partial charge in [0, 0.05) is 37.0 Å². The molecule has 7 nitrogen and oxygen atoms in total. The second-order valence-electron chi connectivity index (χ2n) is 8.49. The first-order chi connectivity index (χ1) is 15.7. The van der Waals surface area contributed by atoms with Crippen molar-refractivity contribution in [2.75, 3.05) is 38.3 Å². The molecule has 0 unspecified atom stereocenters. The Hall–Kier alpha value is -3.06. The van der Waals surface area contributed by atoms with Crippen LogP contribution >= 0.6 is 0 Å². The van der Waals surface area contributed by atoms with E-state index in [2.05, 4.69) is 10.2 Å². The van der Waals surface area contributed by atoms with Gasteiger partial charge in [-0.1, -0.05) is 12.1 Å². The van der Waals surface area contributed by atoms with Gasteiger partial charge in [-0.25, -0.2) is 9.97 Å². The standard InChI is InChI=1S/C25H30N4O3/c1-17-21-8-7-19(30-2)15-22(21)28-25(27-17)29-13-10-18(11-14-29)26-12-9-20-16-31-23-5-3-4-6-24(23)32-20/h3-8,15,18,20,26H,9-14,16H2,1-2H3/t20-/m0/s1. The lowest BCUT2D eigenvalue weighted by atomic mass is 10.0. The first kappa shape index (κ1) is 20.8. The van der Waals surface area contributed by atoms with Crippen LogP contribution in [0.3, 0.4) is 0 Å². The summed E-state index contributed by atoms with van der Waals surface area (Å²) in [5.74, 6) is 3.32. The number of aryl methyl sites for hydroxylation is 1. The highest BCUT2D eigenvalue weighted by Crippen LogP contribution is 2.31. The van der Waals surface area contributed by atoms with Crippen molar-refractivity contribution in [1.29, 1.82) is 0 Å². The van der Waals surface area contributed by atoms with Crippen LogP contribution in [-0.2, 0) is 0 Å². The van der Waals surface area contributed by atoms with Gasteiger partial charge in [-0.2, -0.15) is 0 Å². The molecule has 5 rings (SSSR count). The Morgan fingerprint density at radius 1 is 1.09 bits per heavy atom. The minimum atomic E-state index is 0.100. The van der Waals surface area contributed by atoms with E-state index in [-0.39, 0.29) is 6.10 Å². The van der Waals surface area contributed by atoms with Gasteiger partial charge in [0.1, 0.15) is 18.5 Å². The second kappa shape index (κ2) is 9.20.